The maximum Gasteiger partial charge on any atom is 0.223 e. The summed E-state index contributed by atoms with van der Waals surface area (Å²) in [6.07, 6.45) is 6.42. The highest BCUT2D eigenvalue weighted by Crippen LogP contribution is 2.36. The van der Waals surface area contributed by atoms with Crippen molar-refractivity contribution in [1.29, 1.82) is 0 Å². The van der Waals surface area contributed by atoms with Crippen molar-refractivity contribution in [1.82, 2.24) is 10.2 Å². The highest BCUT2D eigenvalue weighted by Gasteiger charge is 2.31. The predicted octanol–water partition coefficient (Wildman–Crippen LogP) is 4.70. The van der Waals surface area contributed by atoms with Crippen LogP contribution in [0.15, 0.2) is 42.5 Å². The number of halogens is 1. The maximum absolute atomic E-state index is 12.9. The zero-order valence-corrected chi connectivity index (χ0v) is 16.1. The van der Waals surface area contributed by atoms with Crippen LogP contribution < -0.4 is 5.32 Å². The first-order valence-corrected chi connectivity index (χ1v) is 9.81. The van der Waals surface area contributed by atoms with E-state index in [1.54, 1.807) is 0 Å². The summed E-state index contributed by atoms with van der Waals surface area (Å²) in [6.45, 7) is 3.14. The molecule has 1 N–H and O–H groups in total. The van der Waals surface area contributed by atoms with Crippen LogP contribution in [0.5, 0.6) is 0 Å². The summed E-state index contributed by atoms with van der Waals surface area (Å²) in [4.78, 5) is 15.1. The van der Waals surface area contributed by atoms with Crippen LogP contribution in [0.4, 0.5) is 0 Å². The van der Waals surface area contributed by atoms with Gasteiger partial charge in [0.15, 0.2) is 0 Å². The number of nitrogens with one attached hydrogen (secondary N) is 1. The van der Waals surface area contributed by atoms with Gasteiger partial charge in [0.1, 0.15) is 0 Å². The van der Waals surface area contributed by atoms with E-state index in [2.05, 4.69) is 52.7 Å². The average molecular weight is 373 g/mol. The molecule has 2 aromatic carbocycles. The van der Waals surface area contributed by atoms with Crippen molar-refractivity contribution in [3.05, 3.63) is 48.0 Å². The minimum atomic E-state index is 0. The number of carbonyl (C=O) groups excluding carboxylic acids is 1. The van der Waals surface area contributed by atoms with Gasteiger partial charge in [-0.25, -0.2) is 0 Å². The highest BCUT2D eigenvalue weighted by molar-refractivity contribution is 5.87. The summed E-state index contributed by atoms with van der Waals surface area (Å²) >= 11 is 0. The Kier molecular flexibility index (Phi) is 6.55. The molecule has 140 valence electrons. The van der Waals surface area contributed by atoms with E-state index in [4.69, 9.17) is 0 Å². The van der Waals surface area contributed by atoms with Crippen LogP contribution >= 0.6 is 12.4 Å². The first kappa shape index (κ1) is 19.2. The fourth-order valence-corrected chi connectivity index (χ4v) is 4.57. The van der Waals surface area contributed by atoms with Gasteiger partial charge in [0.25, 0.3) is 0 Å². The SMILES string of the molecule is Cl.O=C(CCC1CCNCC1)N1CCCC1c1cccc2ccccc12. The van der Waals surface area contributed by atoms with E-state index in [0.29, 0.717) is 12.3 Å². The number of fused-ring (bicyclic) bond motifs is 1. The number of hydrogen-bond donors (Lipinski definition) is 1. The van der Waals surface area contributed by atoms with Gasteiger partial charge in [-0.05, 0) is 67.4 Å². The smallest absolute Gasteiger partial charge is 0.223 e. The molecule has 0 radical (unpaired) electrons. The number of hydrogen-bond acceptors (Lipinski definition) is 2. The number of likely N-dealkylation sites (tertiary alicyclic amines) is 1. The molecule has 0 bridgehead atoms. The second-order valence-corrected chi connectivity index (χ2v) is 7.55. The van der Waals surface area contributed by atoms with Gasteiger partial charge in [0.2, 0.25) is 5.91 Å². The third-order valence-electron chi connectivity index (χ3n) is 5.98. The number of rotatable bonds is 4. The molecular weight excluding hydrogens is 344 g/mol. The molecule has 1 atom stereocenters. The molecule has 0 aliphatic carbocycles. The standard InChI is InChI=1S/C22H28N2O.ClH/c25-22(11-10-17-12-14-23-15-13-17)24-16-4-9-21(24)20-8-3-6-18-5-1-2-7-19(18)20;/h1-3,5-8,17,21,23H,4,9-16H2;1H. The number of carbonyl (C=O) groups is 1. The molecule has 2 aromatic rings. The van der Waals surface area contributed by atoms with Crippen LogP contribution in [-0.2, 0) is 4.79 Å². The number of amides is 1. The molecule has 1 amide bonds. The summed E-state index contributed by atoms with van der Waals surface area (Å²) in [7, 11) is 0. The number of nitrogens with zero attached hydrogens (tertiary/aromatic N) is 1. The molecule has 2 heterocycles. The van der Waals surface area contributed by atoms with E-state index in [1.165, 1.54) is 29.2 Å². The largest absolute Gasteiger partial charge is 0.336 e. The summed E-state index contributed by atoms with van der Waals surface area (Å²) in [5, 5.41) is 5.98. The fourth-order valence-electron chi connectivity index (χ4n) is 4.57. The molecule has 2 aliphatic rings. The molecule has 0 spiro atoms. The quantitative estimate of drug-likeness (QED) is 0.843. The Labute approximate surface area is 162 Å². The fraction of sp³-hybridized carbons (Fsp3) is 0.500. The first-order chi connectivity index (χ1) is 12.3. The third kappa shape index (κ3) is 4.05. The molecule has 26 heavy (non-hydrogen) atoms. The van der Waals surface area contributed by atoms with Crippen molar-refractivity contribution < 1.29 is 4.79 Å². The lowest BCUT2D eigenvalue weighted by Crippen LogP contribution is -2.32. The lowest BCUT2D eigenvalue weighted by molar-refractivity contribution is -0.132. The van der Waals surface area contributed by atoms with Gasteiger partial charge in [-0.15, -0.1) is 12.4 Å². The minimum Gasteiger partial charge on any atom is -0.336 e. The lowest BCUT2D eigenvalue weighted by atomic mass is 9.92. The monoisotopic (exact) mass is 372 g/mol. The molecule has 0 saturated carbocycles. The lowest BCUT2D eigenvalue weighted by Gasteiger charge is -2.28. The van der Waals surface area contributed by atoms with Crippen molar-refractivity contribution in [2.45, 2.75) is 44.6 Å². The predicted molar refractivity (Wildman–Crippen MR) is 110 cm³/mol. The molecule has 2 aliphatic heterocycles. The Morgan fingerprint density at radius 3 is 2.65 bits per heavy atom. The van der Waals surface area contributed by atoms with E-state index >= 15 is 0 Å². The summed E-state index contributed by atoms with van der Waals surface area (Å²) in [5.74, 6) is 1.08. The van der Waals surface area contributed by atoms with Crippen molar-refractivity contribution in [3.63, 3.8) is 0 Å². The van der Waals surface area contributed by atoms with E-state index in [0.717, 1.165) is 44.8 Å². The van der Waals surface area contributed by atoms with Gasteiger partial charge in [0, 0.05) is 13.0 Å². The summed E-state index contributed by atoms with van der Waals surface area (Å²) in [6, 6.07) is 15.3. The van der Waals surface area contributed by atoms with Gasteiger partial charge in [-0.1, -0.05) is 42.5 Å². The molecule has 4 rings (SSSR count). The van der Waals surface area contributed by atoms with E-state index < -0.39 is 0 Å². The van der Waals surface area contributed by atoms with Crippen LogP contribution in [0.25, 0.3) is 10.8 Å². The van der Waals surface area contributed by atoms with Gasteiger partial charge in [0.05, 0.1) is 6.04 Å². The average Bonchev–Trinajstić information content (AvgIpc) is 3.16. The second kappa shape index (κ2) is 8.88. The first-order valence-electron chi connectivity index (χ1n) is 9.81. The Hall–Kier alpha value is -1.58. The zero-order valence-electron chi connectivity index (χ0n) is 15.3. The Bertz CT molecular complexity index is 737. The van der Waals surface area contributed by atoms with Gasteiger partial charge < -0.3 is 10.2 Å². The highest BCUT2D eigenvalue weighted by atomic mass is 35.5. The second-order valence-electron chi connectivity index (χ2n) is 7.55. The Morgan fingerprint density at radius 2 is 1.81 bits per heavy atom. The molecule has 2 fully saturated rings. The maximum atomic E-state index is 12.9. The van der Waals surface area contributed by atoms with Crippen LogP contribution in [-0.4, -0.2) is 30.4 Å². The van der Waals surface area contributed by atoms with Crippen LogP contribution in [0.3, 0.4) is 0 Å². The van der Waals surface area contributed by atoms with E-state index in [1.807, 2.05) is 0 Å². The van der Waals surface area contributed by atoms with Crippen LogP contribution in [0, 0.1) is 5.92 Å². The molecule has 0 aromatic heterocycles. The minimum absolute atomic E-state index is 0. The summed E-state index contributed by atoms with van der Waals surface area (Å²) in [5.41, 5.74) is 1.32. The molecule has 4 heteroatoms. The Morgan fingerprint density at radius 1 is 1.04 bits per heavy atom. The summed E-state index contributed by atoms with van der Waals surface area (Å²) < 4.78 is 0. The van der Waals surface area contributed by atoms with E-state index in [9.17, 15) is 4.79 Å². The van der Waals surface area contributed by atoms with Crippen molar-refractivity contribution in [2.24, 2.45) is 5.92 Å². The molecular formula is C22H29ClN2O. The number of piperidine rings is 1. The number of benzene rings is 2. The van der Waals surface area contributed by atoms with Crippen molar-refractivity contribution >= 4 is 29.1 Å². The molecule has 3 nitrogen and oxygen atoms in total. The topological polar surface area (TPSA) is 32.3 Å². The third-order valence-corrected chi connectivity index (χ3v) is 5.98. The Balaban J connectivity index is 0.00000196. The normalized spacial score (nSPS) is 20.9. The van der Waals surface area contributed by atoms with Crippen molar-refractivity contribution in [2.75, 3.05) is 19.6 Å². The van der Waals surface area contributed by atoms with Gasteiger partial charge in [-0.2, -0.15) is 0 Å². The van der Waals surface area contributed by atoms with E-state index in [-0.39, 0.29) is 18.4 Å². The zero-order chi connectivity index (χ0) is 17.1. The molecule has 1 unspecified atom stereocenters. The molecule has 2 saturated heterocycles. The van der Waals surface area contributed by atoms with Gasteiger partial charge >= 0.3 is 0 Å². The van der Waals surface area contributed by atoms with Crippen molar-refractivity contribution in [3.8, 4) is 0 Å². The van der Waals surface area contributed by atoms with Gasteiger partial charge in [-0.3, -0.25) is 4.79 Å². The van der Waals surface area contributed by atoms with Crippen LogP contribution in [0.2, 0.25) is 0 Å². The van der Waals surface area contributed by atoms with Crippen LogP contribution in [0.1, 0.15) is 50.1 Å².